The number of piperazine rings is 1. The average molecular weight is 325 g/mol. The predicted molar refractivity (Wildman–Crippen MR) is 85.2 cm³/mol. The number of hydrogen-bond acceptors (Lipinski definition) is 3. The first kappa shape index (κ1) is 16.8. The smallest absolute Gasteiger partial charge is 0.317 e. The van der Waals surface area contributed by atoms with Gasteiger partial charge in [-0.2, -0.15) is 4.31 Å². The van der Waals surface area contributed by atoms with Crippen LogP contribution < -0.4 is 5.32 Å². The summed E-state index contributed by atoms with van der Waals surface area (Å²) in [5.74, 6) is 0. The second-order valence-electron chi connectivity index (χ2n) is 5.39. The molecule has 1 saturated heterocycles. The summed E-state index contributed by atoms with van der Waals surface area (Å²) < 4.78 is 26.8. The molecule has 6 nitrogen and oxygen atoms in total. The van der Waals surface area contributed by atoms with Gasteiger partial charge in [-0.25, -0.2) is 13.2 Å². The number of carbonyl (C=O) groups excluding carboxylic acids is 1. The molecule has 0 radical (unpaired) electrons. The molecule has 0 saturated carbocycles. The van der Waals surface area contributed by atoms with E-state index in [0.29, 0.717) is 37.6 Å². The number of carbonyl (C=O) groups is 1. The first-order chi connectivity index (χ1) is 10.5. The van der Waals surface area contributed by atoms with E-state index in [-0.39, 0.29) is 6.03 Å². The molecule has 0 spiro atoms. The van der Waals surface area contributed by atoms with Crippen molar-refractivity contribution in [3.8, 4) is 0 Å². The summed E-state index contributed by atoms with van der Waals surface area (Å²) in [6.45, 7) is 5.92. The maximum Gasteiger partial charge on any atom is 0.317 e. The van der Waals surface area contributed by atoms with E-state index in [9.17, 15) is 13.2 Å². The second-order valence-corrected chi connectivity index (χ2v) is 7.29. The molecule has 0 aliphatic carbocycles. The highest BCUT2D eigenvalue weighted by atomic mass is 32.2. The van der Waals surface area contributed by atoms with Crippen LogP contribution in [-0.2, 0) is 10.0 Å². The second kappa shape index (κ2) is 7.11. The van der Waals surface area contributed by atoms with Gasteiger partial charge in [0, 0.05) is 32.7 Å². The van der Waals surface area contributed by atoms with Gasteiger partial charge in [-0.1, -0.05) is 25.1 Å². The van der Waals surface area contributed by atoms with Crippen LogP contribution in [0.15, 0.2) is 29.2 Å². The van der Waals surface area contributed by atoms with Crippen molar-refractivity contribution < 1.29 is 13.2 Å². The minimum absolute atomic E-state index is 0.116. The van der Waals surface area contributed by atoms with Gasteiger partial charge in [0.1, 0.15) is 0 Å². The van der Waals surface area contributed by atoms with Crippen LogP contribution in [0.1, 0.15) is 18.9 Å². The Balaban J connectivity index is 2.02. The molecule has 1 N–H and O–H groups in total. The molecule has 2 rings (SSSR count). The number of aryl methyl sites for hydroxylation is 1. The van der Waals surface area contributed by atoms with E-state index in [2.05, 4.69) is 5.32 Å². The summed E-state index contributed by atoms with van der Waals surface area (Å²) in [6.07, 6.45) is 0.882. The topological polar surface area (TPSA) is 69.7 Å². The van der Waals surface area contributed by atoms with Gasteiger partial charge in [-0.3, -0.25) is 0 Å². The van der Waals surface area contributed by atoms with Crippen LogP contribution in [0.2, 0.25) is 0 Å². The molecule has 122 valence electrons. The Morgan fingerprint density at radius 2 is 1.82 bits per heavy atom. The van der Waals surface area contributed by atoms with E-state index >= 15 is 0 Å². The molecular weight excluding hydrogens is 302 g/mol. The third-order valence-corrected chi connectivity index (χ3v) is 5.82. The van der Waals surface area contributed by atoms with Gasteiger partial charge in [0.2, 0.25) is 10.0 Å². The quantitative estimate of drug-likeness (QED) is 0.910. The zero-order chi connectivity index (χ0) is 16.2. The Hall–Kier alpha value is -1.60. The van der Waals surface area contributed by atoms with Crippen molar-refractivity contribution in [3.63, 3.8) is 0 Å². The minimum atomic E-state index is -3.48. The van der Waals surface area contributed by atoms with Crippen molar-refractivity contribution >= 4 is 16.1 Å². The van der Waals surface area contributed by atoms with E-state index < -0.39 is 10.0 Å². The van der Waals surface area contributed by atoms with Gasteiger partial charge in [-0.05, 0) is 25.0 Å². The average Bonchev–Trinajstić information content (AvgIpc) is 2.53. The van der Waals surface area contributed by atoms with E-state index in [0.717, 1.165) is 12.0 Å². The maximum absolute atomic E-state index is 12.7. The molecule has 7 heteroatoms. The molecule has 0 aromatic heterocycles. The molecule has 1 heterocycles. The number of nitrogens with zero attached hydrogens (tertiary/aromatic N) is 2. The van der Waals surface area contributed by atoms with Gasteiger partial charge in [0.25, 0.3) is 0 Å². The summed E-state index contributed by atoms with van der Waals surface area (Å²) in [4.78, 5) is 13.9. The predicted octanol–water partition coefficient (Wildman–Crippen LogP) is 1.42. The van der Waals surface area contributed by atoms with Gasteiger partial charge < -0.3 is 10.2 Å². The monoisotopic (exact) mass is 325 g/mol. The van der Waals surface area contributed by atoms with E-state index in [1.807, 2.05) is 13.0 Å². The van der Waals surface area contributed by atoms with Crippen LogP contribution in [0.25, 0.3) is 0 Å². The zero-order valence-electron chi connectivity index (χ0n) is 13.1. The normalized spacial score (nSPS) is 16.5. The number of rotatable bonds is 4. The molecule has 1 aliphatic heterocycles. The Kier molecular flexibility index (Phi) is 5.42. The van der Waals surface area contributed by atoms with Gasteiger partial charge in [0.15, 0.2) is 0 Å². The Morgan fingerprint density at radius 1 is 1.18 bits per heavy atom. The van der Waals surface area contributed by atoms with Crippen molar-refractivity contribution in [2.45, 2.75) is 25.2 Å². The molecule has 0 unspecified atom stereocenters. The fourth-order valence-corrected chi connectivity index (χ4v) is 4.11. The molecule has 0 bridgehead atoms. The highest BCUT2D eigenvalue weighted by molar-refractivity contribution is 7.89. The first-order valence-electron chi connectivity index (χ1n) is 7.55. The fourth-order valence-electron chi connectivity index (χ4n) is 2.46. The molecule has 1 fully saturated rings. The molecule has 0 atom stereocenters. The summed E-state index contributed by atoms with van der Waals surface area (Å²) in [5.41, 5.74) is 0.741. The third-order valence-electron chi connectivity index (χ3n) is 3.76. The van der Waals surface area contributed by atoms with Crippen molar-refractivity contribution in [1.29, 1.82) is 0 Å². The number of urea groups is 1. The minimum Gasteiger partial charge on any atom is -0.338 e. The van der Waals surface area contributed by atoms with Crippen molar-refractivity contribution in [2.24, 2.45) is 0 Å². The fraction of sp³-hybridized carbons (Fsp3) is 0.533. The summed E-state index contributed by atoms with van der Waals surface area (Å²) in [5, 5.41) is 2.82. The lowest BCUT2D eigenvalue weighted by molar-refractivity contribution is 0.172. The standard InChI is InChI=1S/C15H23N3O3S/c1-3-8-16-15(19)17-9-11-18(12-10-17)22(20,21)14-7-5-4-6-13(14)2/h4-7H,3,8-12H2,1-2H3,(H,16,19). The van der Waals surface area contributed by atoms with Crippen LogP contribution in [0.5, 0.6) is 0 Å². The van der Waals surface area contributed by atoms with E-state index in [4.69, 9.17) is 0 Å². The maximum atomic E-state index is 12.7. The number of amides is 2. The Labute approximate surface area is 132 Å². The zero-order valence-corrected chi connectivity index (χ0v) is 13.9. The number of nitrogens with one attached hydrogen (secondary N) is 1. The summed E-state index contributed by atoms with van der Waals surface area (Å²) in [6, 6.07) is 6.86. The van der Waals surface area contributed by atoms with E-state index in [1.165, 1.54) is 4.31 Å². The number of hydrogen-bond donors (Lipinski definition) is 1. The molecular formula is C15H23N3O3S. The Morgan fingerprint density at radius 3 is 2.41 bits per heavy atom. The first-order valence-corrected chi connectivity index (χ1v) is 8.99. The van der Waals surface area contributed by atoms with Crippen molar-refractivity contribution in [1.82, 2.24) is 14.5 Å². The third kappa shape index (κ3) is 3.59. The van der Waals surface area contributed by atoms with Crippen LogP contribution in [0.3, 0.4) is 0 Å². The van der Waals surface area contributed by atoms with Crippen molar-refractivity contribution in [2.75, 3.05) is 32.7 Å². The number of sulfonamides is 1. The summed E-state index contributed by atoms with van der Waals surface area (Å²) >= 11 is 0. The molecule has 1 aromatic rings. The highest BCUT2D eigenvalue weighted by Gasteiger charge is 2.30. The SMILES string of the molecule is CCCNC(=O)N1CCN(S(=O)(=O)c2ccccc2C)CC1. The van der Waals surface area contributed by atoms with Crippen LogP contribution in [-0.4, -0.2) is 56.4 Å². The van der Waals surface area contributed by atoms with Crippen LogP contribution in [0.4, 0.5) is 4.79 Å². The molecule has 1 aliphatic rings. The molecule has 22 heavy (non-hydrogen) atoms. The number of benzene rings is 1. The van der Waals surface area contributed by atoms with Crippen LogP contribution >= 0.6 is 0 Å². The Bertz CT molecular complexity index is 623. The largest absolute Gasteiger partial charge is 0.338 e. The van der Waals surface area contributed by atoms with Gasteiger partial charge in [-0.15, -0.1) is 0 Å². The lowest BCUT2D eigenvalue weighted by Gasteiger charge is -2.34. The van der Waals surface area contributed by atoms with Gasteiger partial charge >= 0.3 is 6.03 Å². The molecule has 2 amide bonds. The van der Waals surface area contributed by atoms with Crippen LogP contribution in [0, 0.1) is 6.92 Å². The van der Waals surface area contributed by atoms with Crippen molar-refractivity contribution in [3.05, 3.63) is 29.8 Å². The lowest BCUT2D eigenvalue weighted by Crippen LogP contribution is -2.53. The van der Waals surface area contributed by atoms with E-state index in [1.54, 1.807) is 30.0 Å². The highest BCUT2D eigenvalue weighted by Crippen LogP contribution is 2.20. The van der Waals surface area contributed by atoms with Gasteiger partial charge in [0.05, 0.1) is 4.90 Å². The lowest BCUT2D eigenvalue weighted by atomic mass is 10.2. The molecule has 1 aromatic carbocycles. The summed E-state index contributed by atoms with van der Waals surface area (Å²) in [7, 11) is -3.48.